The van der Waals surface area contributed by atoms with Crippen LogP contribution in [0.5, 0.6) is 0 Å². The van der Waals surface area contributed by atoms with Gasteiger partial charge in [0.25, 0.3) is 0 Å². The van der Waals surface area contributed by atoms with Gasteiger partial charge in [0.1, 0.15) is 6.10 Å². The van der Waals surface area contributed by atoms with E-state index >= 15 is 0 Å². The van der Waals surface area contributed by atoms with Crippen molar-refractivity contribution in [1.29, 1.82) is 0 Å². The lowest BCUT2D eigenvalue weighted by molar-refractivity contribution is 0.192. The third kappa shape index (κ3) is 2.64. The Bertz CT molecular complexity index is 507. The molecule has 0 fully saturated rings. The molecule has 0 aromatic carbocycles. The average Bonchev–Trinajstić information content (AvgIpc) is 2.83. The Kier molecular flexibility index (Phi) is 3.48. The van der Waals surface area contributed by atoms with E-state index in [0.29, 0.717) is 5.76 Å². The highest BCUT2D eigenvalue weighted by molar-refractivity contribution is 9.10. The molecule has 4 heteroatoms. The lowest BCUT2D eigenvalue weighted by Gasteiger charge is -2.15. The zero-order valence-electron chi connectivity index (χ0n) is 10.0. The molecule has 0 saturated carbocycles. The van der Waals surface area contributed by atoms with Crippen molar-refractivity contribution < 1.29 is 9.52 Å². The smallest absolute Gasteiger partial charge is 0.151 e. The number of aliphatic hydroxyl groups is 1. The van der Waals surface area contributed by atoms with Gasteiger partial charge in [0.15, 0.2) is 5.76 Å². The van der Waals surface area contributed by atoms with Crippen molar-refractivity contribution in [1.82, 2.24) is 0 Å². The summed E-state index contributed by atoms with van der Waals surface area (Å²) in [6.07, 6.45) is 0.876. The van der Waals surface area contributed by atoms with Gasteiger partial charge in [-0.3, -0.25) is 0 Å². The Balaban J connectivity index is 2.30. The summed E-state index contributed by atoms with van der Waals surface area (Å²) in [5.41, 5.74) is 0.114. The van der Waals surface area contributed by atoms with Gasteiger partial charge in [0.05, 0.1) is 10.7 Å². The van der Waals surface area contributed by atoms with Crippen LogP contribution in [0, 0.1) is 0 Å². The molecule has 0 spiro atoms. The van der Waals surface area contributed by atoms with Crippen molar-refractivity contribution in [3.05, 3.63) is 44.4 Å². The number of rotatable bonds is 2. The number of hydrogen-bond donors (Lipinski definition) is 1. The normalized spacial score (nSPS) is 13.9. The van der Waals surface area contributed by atoms with Crippen LogP contribution in [0.4, 0.5) is 0 Å². The van der Waals surface area contributed by atoms with Gasteiger partial charge >= 0.3 is 0 Å². The lowest BCUT2D eigenvalue weighted by Crippen LogP contribution is -2.07. The Hall–Kier alpha value is -0.580. The van der Waals surface area contributed by atoms with E-state index in [0.717, 1.165) is 9.35 Å². The first-order valence-corrected chi connectivity index (χ1v) is 7.01. The number of aliphatic hydroxyl groups excluding tert-OH is 1. The van der Waals surface area contributed by atoms with Crippen LogP contribution in [0.3, 0.4) is 0 Å². The van der Waals surface area contributed by atoms with Gasteiger partial charge in [-0.05, 0) is 39.5 Å². The van der Waals surface area contributed by atoms with E-state index in [1.807, 2.05) is 6.07 Å². The molecule has 1 atom stereocenters. The minimum atomic E-state index is -0.694. The van der Waals surface area contributed by atoms with E-state index < -0.39 is 6.10 Å². The van der Waals surface area contributed by atoms with E-state index in [4.69, 9.17) is 4.42 Å². The fourth-order valence-electron chi connectivity index (χ4n) is 1.53. The van der Waals surface area contributed by atoms with Crippen LogP contribution < -0.4 is 0 Å². The lowest BCUT2D eigenvalue weighted by atomic mass is 9.95. The van der Waals surface area contributed by atoms with Crippen molar-refractivity contribution in [3.63, 3.8) is 0 Å². The van der Waals surface area contributed by atoms with Crippen molar-refractivity contribution in [3.8, 4) is 0 Å². The largest absolute Gasteiger partial charge is 0.465 e. The molecule has 0 saturated heterocycles. The molecule has 2 aromatic heterocycles. The molecule has 0 aliphatic carbocycles. The molecule has 1 N–H and O–H groups in total. The zero-order chi connectivity index (χ0) is 12.6. The van der Waals surface area contributed by atoms with Gasteiger partial charge in [0, 0.05) is 9.75 Å². The fraction of sp³-hybridized carbons (Fsp3) is 0.385. The summed E-state index contributed by atoms with van der Waals surface area (Å²) in [5, 5.41) is 10.2. The summed E-state index contributed by atoms with van der Waals surface area (Å²) >= 11 is 4.99. The molecule has 2 rings (SSSR count). The fourth-order valence-corrected chi connectivity index (χ4v) is 3.00. The second-order valence-corrected chi connectivity index (χ2v) is 6.96. The van der Waals surface area contributed by atoms with E-state index in [9.17, 15) is 5.11 Å². The quantitative estimate of drug-likeness (QED) is 0.886. The summed E-state index contributed by atoms with van der Waals surface area (Å²) in [6, 6.07) is 5.82. The first-order chi connectivity index (χ1) is 7.89. The summed E-state index contributed by atoms with van der Waals surface area (Å²) in [4.78, 5) is 2.17. The van der Waals surface area contributed by atoms with Gasteiger partial charge < -0.3 is 9.52 Å². The second-order valence-electron chi connectivity index (χ2n) is 4.99. The minimum Gasteiger partial charge on any atom is -0.465 e. The number of hydrogen-bond acceptors (Lipinski definition) is 3. The first kappa shape index (κ1) is 12.9. The van der Waals surface area contributed by atoms with E-state index in [-0.39, 0.29) is 5.41 Å². The SMILES string of the molecule is CC(C)(C)c1ccc(C(O)c2occc2Br)s1. The molecule has 0 aliphatic rings. The van der Waals surface area contributed by atoms with Gasteiger partial charge in [-0.25, -0.2) is 0 Å². The van der Waals surface area contributed by atoms with E-state index in [1.165, 1.54) is 4.88 Å². The predicted octanol–water partition coefficient (Wildman–Crippen LogP) is 4.48. The first-order valence-electron chi connectivity index (χ1n) is 5.41. The summed E-state index contributed by atoms with van der Waals surface area (Å²) in [7, 11) is 0. The standard InChI is InChI=1S/C13H15BrO2S/c1-13(2,3)10-5-4-9(17-10)11(15)12-8(14)6-7-16-12/h4-7,11,15H,1-3H3. The zero-order valence-corrected chi connectivity index (χ0v) is 12.4. The highest BCUT2D eigenvalue weighted by Crippen LogP contribution is 2.36. The van der Waals surface area contributed by atoms with Gasteiger partial charge in [0.2, 0.25) is 0 Å². The number of furan rings is 1. The van der Waals surface area contributed by atoms with Crippen molar-refractivity contribution in [2.75, 3.05) is 0 Å². The molecule has 92 valence electrons. The van der Waals surface area contributed by atoms with Crippen LogP contribution in [-0.2, 0) is 5.41 Å². The van der Waals surface area contributed by atoms with Gasteiger partial charge in [-0.2, -0.15) is 0 Å². The highest BCUT2D eigenvalue weighted by Gasteiger charge is 2.22. The predicted molar refractivity (Wildman–Crippen MR) is 73.5 cm³/mol. The molecule has 0 amide bonds. The summed E-state index contributed by atoms with van der Waals surface area (Å²) in [6.45, 7) is 6.49. The molecule has 2 nitrogen and oxygen atoms in total. The third-order valence-corrected chi connectivity index (χ3v) is 4.75. The van der Waals surface area contributed by atoms with Crippen LogP contribution in [0.25, 0.3) is 0 Å². The Morgan fingerprint density at radius 2 is 2.00 bits per heavy atom. The Morgan fingerprint density at radius 1 is 1.29 bits per heavy atom. The second kappa shape index (κ2) is 4.59. The Labute approximate surface area is 113 Å². The maximum absolute atomic E-state index is 10.2. The van der Waals surface area contributed by atoms with Crippen molar-refractivity contribution in [2.24, 2.45) is 0 Å². The molecule has 0 aliphatic heterocycles. The van der Waals surface area contributed by atoms with Crippen LogP contribution >= 0.6 is 27.3 Å². The molecule has 17 heavy (non-hydrogen) atoms. The van der Waals surface area contributed by atoms with Gasteiger partial charge in [-0.15, -0.1) is 11.3 Å². The Morgan fingerprint density at radius 3 is 2.47 bits per heavy atom. The molecule has 0 bridgehead atoms. The maximum atomic E-state index is 10.2. The molecule has 2 heterocycles. The molecular weight excluding hydrogens is 300 g/mol. The summed E-state index contributed by atoms with van der Waals surface area (Å²) < 4.78 is 6.09. The molecule has 1 unspecified atom stereocenters. The molecule has 0 radical (unpaired) electrons. The van der Waals surface area contributed by atoms with Crippen molar-refractivity contribution in [2.45, 2.75) is 32.3 Å². The third-order valence-electron chi connectivity index (χ3n) is 2.53. The minimum absolute atomic E-state index is 0.114. The molecular formula is C13H15BrO2S. The van der Waals surface area contributed by atoms with Crippen LogP contribution in [0.15, 0.2) is 33.4 Å². The highest BCUT2D eigenvalue weighted by atomic mass is 79.9. The van der Waals surface area contributed by atoms with E-state index in [1.54, 1.807) is 23.7 Å². The topological polar surface area (TPSA) is 33.4 Å². The average molecular weight is 315 g/mol. The number of halogens is 1. The maximum Gasteiger partial charge on any atom is 0.151 e. The molecule has 2 aromatic rings. The monoisotopic (exact) mass is 314 g/mol. The van der Waals surface area contributed by atoms with Crippen molar-refractivity contribution >= 4 is 27.3 Å². The van der Waals surface area contributed by atoms with E-state index in [2.05, 4.69) is 42.8 Å². The number of thiophene rings is 1. The van der Waals surface area contributed by atoms with Crippen LogP contribution in [-0.4, -0.2) is 5.11 Å². The van der Waals surface area contributed by atoms with Gasteiger partial charge in [-0.1, -0.05) is 20.8 Å². The summed E-state index contributed by atoms with van der Waals surface area (Å²) in [5.74, 6) is 0.562. The van der Waals surface area contributed by atoms with Crippen LogP contribution in [0.1, 0.15) is 42.4 Å². The van der Waals surface area contributed by atoms with Crippen LogP contribution in [0.2, 0.25) is 0 Å².